The fourth-order valence-electron chi connectivity index (χ4n) is 2.15. The second kappa shape index (κ2) is 5.70. The molecule has 2 N–H and O–H groups in total. The van der Waals surface area contributed by atoms with Crippen molar-refractivity contribution in [3.63, 3.8) is 0 Å². The number of rotatable bonds is 5. The van der Waals surface area contributed by atoms with Crippen molar-refractivity contribution in [2.75, 3.05) is 0 Å². The van der Waals surface area contributed by atoms with Crippen molar-refractivity contribution in [3.05, 3.63) is 23.3 Å². The Balaban J connectivity index is 2.65. The van der Waals surface area contributed by atoms with Crippen molar-refractivity contribution in [1.29, 1.82) is 0 Å². The first-order valence-corrected chi connectivity index (χ1v) is 6.41. The minimum absolute atomic E-state index is 0.476. The Bertz CT molecular complexity index is 732. The number of hydrogen-bond acceptors (Lipinski definition) is 5. The molecule has 0 saturated heterocycles. The number of hydrogen-bond donors (Lipinski definition) is 2. The van der Waals surface area contributed by atoms with Crippen LogP contribution < -0.4 is 0 Å². The molecule has 0 fully saturated rings. The Morgan fingerprint density at radius 1 is 1.19 bits per heavy atom. The molecular formula is C13H14N4O4. The molecule has 8 heteroatoms. The van der Waals surface area contributed by atoms with E-state index < -0.39 is 17.7 Å². The van der Waals surface area contributed by atoms with Crippen molar-refractivity contribution in [2.45, 2.75) is 26.7 Å². The second-order valence-corrected chi connectivity index (χ2v) is 4.32. The highest BCUT2D eigenvalue weighted by Crippen LogP contribution is 2.21. The third-order valence-electron chi connectivity index (χ3n) is 3.14. The van der Waals surface area contributed by atoms with Crippen molar-refractivity contribution < 1.29 is 19.8 Å². The van der Waals surface area contributed by atoms with Crippen LogP contribution in [0.5, 0.6) is 0 Å². The molecule has 0 aliphatic rings. The van der Waals surface area contributed by atoms with Gasteiger partial charge in [-0.25, -0.2) is 9.59 Å². The largest absolute Gasteiger partial charge is 0.476 e. The summed E-state index contributed by atoms with van der Waals surface area (Å²) in [5.41, 5.74) is 2.19. The van der Waals surface area contributed by atoms with E-state index in [1.165, 1.54) is 0 Å². The average Bonchev–Trinajstić information content (AvgIpc) is 2.85. The summed E-state index contributed by atoms with van der Waals surface area (Å²) in [6.45, 7) is 4.01. The lowest BCUT2D eigenvalue weighted by atomic mass is 10.0. The van der Waals surface area contributed by atoms with E-state index in [2.05, 4.69) is 15.4 Å². The van der Waals surface area contributed by atoms with Crippen LogP contribution in [-0.4, -0.2) is 43.0 Å². The quantitative estimate of drug-likeness (QED) is 0.624. The van der Waals surface area contributed by atoms with Gasteiger partial charge in [0.2, 0.25) is 0 Å². The van der Waals surface area contributed by atoms with Gasteiger partial charge in [-0.1, -0.05) is 19.9 Å². The van der Waals surface area contributed by atoms with Gasteiger partial charge in [0.15, 0.2) is 0 Å². The first-order chi connectivity index (χ1) is 9.99. The van der Waals surface area contributed by atoms with E-state index in [1.807, 2.05) is 19.9 Å². The van der Waals surface area contributed by atoms with E-state index in [9.17, 15) is 9.59 Å². The van der Waals surface area contributed by atoms with Gasteiger partial charge in [0, 0.05) is 0 Å². The van der Waals surface area contributed by atoms with E-state index in [-0.39, 0.29) is 0 Å². The SMILES string of the molecule is CCc1ccc2c(nnn2N=C(C(=O)O)C(=O)O)c1CC. The maximum Gasteiger partial charge on any atom is 0.364 e. The summed E-state index contributed by atoms with van der Waals surface area (Å²) >= 11 is 0. The van der Waals surface area contributed by atoms with Gasteiger partial charge in [0.05, 0.1) is 0 Å². The summed E-state index contributed by atoms with van der Waals surface area (Å²) in [4.78, 5) is 22.6. The molecule has 1 aromatic carbocycles. The molecule has 0 bridgehead atoms. The van der Waals surface area contributed by atoms with Crippen LogP contribution in [-0.2, 0) is 22.4 Å². The molecule has 21 heavy (non-hydrogen) atoms. The molecule has 0 radical (unpaired) electrons. The second-order valence-electron chi connectivity index (χ2n) is 4.32. The summed E-state index contributed by atoms with van der Waals surface area (Å²) in [6, 6.07) is 3.59. The number of nitrogens with zero attached hydrogens (tertiary/aromatic N) is 4. The minimum Gasteiger partial charge on any atom is -0.476 e. The van der Waals surface area contributed by atoms with E-state index in [0.29, 0.717) is 11.0 Å². The van der Waals surface area contributed by atoms with Gasteiger partial charge >= 0.3 is 11.9 Å². The van der Waals surface area contributed by atoms with Crippen LogP contribution in [0.2, 0.25) is 0 Å². The summed E-state index contributed by atoms with van der Waals surface area (Å²) in [7, 11) is 0. The molecule has 2 rings (SSSR count). The maximum absolute atomic E-state index is 10.9. The van der Waals surface area contributed by atoms with Crippen LogP contribution in [0.4, 0.5) is 0 Å². The van der Waals surface area contributed by atoms with Gasteiger partial charge in [-0.15, -0.1) is 15.0 Å². The minimum atomic E-state index is -1.63. The molecule has 0 aliphatic carbocycles. The zero-order valence-electron chi connectivity index (χ0n) is 11.6. The van der Waals surface area contributed by atoms with Gasteiger partial charge in [-0.2, -0.15) is 0 Å². The Hall–Kier alpha value is -2.77. The highest BCUT2D eigenvalue weighted by atomic mass is 16.4. The van der Waals surface area contributed by atoms with E-state index in [1.54, 1.807) is 6.07 Å². The van der Waals surface area contributed by atoms with E-state index in [4.69, 9.17) is 10.2 Å². The number of benzene rings is 1. The number of fused-ring (bicyclic) bond motifs is 1. The molecule has 1 aromatic heterocycles. The fraction of sp³-hybridized carbons (Fsp3) is 0.308. The Morgan fingerprint density at radius 3 is 2.38 bits per heavy atom. The number of aryl methyl sites for hydroxylation is 2. The number of carboxylic acids is 2. The number of carbonyl (C=O) groups is 2. The normalized spacial score (nSPS) is 10.6. The Morgan fingerprint density at radius 2 is 1.86 bits per heavy atom. The molecule has 0 unspecified atom stereocenters. The molecule has 8 nitrogen and oxygen atoms in total. The molecule has 2 aromatic rings. The third kappa shape index (κ3) is 2.60. The number of aromatic nitrogens is 3. The summed E-state index contributed by atoms with van der Waals surface area (Å²) in [5, 5.41) is 28.9. The lowest BCUT2D eigenvalue weighted by molar-refractivity contribution is -0.134. The van der Waals surface area contributed by atoms with E-state index >= 15 is 0 Å². The predicted octanol–water partition coefficient (Wildman–Crippen LogP) is 0.929. The molecule has 0 saturated carbocycles. The summed E-state index contributed by atoms with van der Waals surface area (Å²) in [6.07, 6.45) is 1.58. The lowest BCUT2D eigenvalue weighted by Crippen LogP contribution is -2.24. The van der Waals surface area contributed by atoms with Gasteiger partial charge in [-0.3, -0.25) is 0 Å². The van der Waals surface area contributed by atoms with Gasteiger partial charge < -0.3 is 10.2 Å². The lowest BCUT2D eigenvalue weighted by Gasteiger charge is -2.05. The Kier molecular flexibility index (Phi) is 3.97. The molecule has 1 heterocycles. The maximum atomic E-state index is 10.9. The highest BCUT2D eigenvalue weighted by molar-refractivity contribution is 6.61. The Labute approximate surface area is 119 Å². The number of carboxylic acid groups (broad SMARTS) is 2. The molecular weight excluding hydrogens is 276 g/mol. The van der Waals surface area contributed by atoms with Crippen LogP contribution in [0.15, 0.2) is 17.2 Å². The van der Waals surface area contributed by atoms with Crippen LogP contribution in [0.3, 0.4) is 0 Å². The zero-order valence-corrected chi connectivity index (χ0v) is 11.6. The van der Waals surface area contributed by atoms with Gasteiger partial charge in [0.1, 0.15) is 11.0 Å². The monoisotopic (exact) mass is 290 g/mol. The van der Waals surface area contributed by atoms with Gasteiger partial charge in [-0.05, 0) is 35.2 Å². The van der Waals surface area contributed by atoms with Crippen molar-refractivity contribution in [2.24, 2.45) is 5.10 Å². The topological polar surface area (TPSA) is 118 Å². The smallest absolute Gasteiger partial charge is 0.364 e. The average molecular weight is 290 g/mol. The van der Waals surface area contributed by atoms with Crippen LogP contribution in [0.25, 0.3) is 11.0 Å². The summed E-state index contributed by atoms with van der Waals surface area (Å²) in [5.74, 6) is -3.26. The standard InChI is InChI=1S/C13H14N4O4/c1-3-7-5-6-9-10(8(7)4-2)14-16-17(9)15-11(12(18)19)13(20)21/h5-6H,3-4H2,1-2H3,(H,18,19)(H,20,21). The zero-order chi connectivity index (χ0) is 15.6. The first kappa shape index (κ1) is 14.6. The van der Waals surface area contributed by atoms with Crippen LogP contribution >= 0.6 is 0 Å². The van der Waals surface area contributed by atoms with Gasteiger partial charge in [0.25, 0.3) is 5.71 Å². The number of aliphatic carboxylic acids is 2. The predicted molar refractivity (Wildman–Crippen MR) is 74.4 cm³/mol. The summed E-state index contributed by atoms with van der Waals surface area (Å²) < 4.78 is 0. The molecule has 0 amide bonds. The van der Waals surface area contributed by atoms with Crippen molar-refractivity contribution in [3.8, 4) is 0 Å². The molecule has 0 spiro atoms. The van der Waals surface area contributed by atoms with Crippen LogP contribution in [0.1, 0.15) is 25.0 Å². The molecule has 110 valence electrons. The van der Waals surface area contributed by atoms with E-state index in [0.717, 1.165) is 28.8 Å². The van der Waals surface area contributed by atoms with Crippen molar-refractivity contribution in [1.82, 2.24) is 15.1 Å². The molecule has 0 aliphatic heterocycles. The van der Waals surface area contributed by atoms with Crippen molar-refractivity contribution >= 4 is 28.7 Å². The first-order valence-electron chi connectivity index (χ1n) is 6.41. The highest BCUT2D eigenvalue weighted by Gasteiger charge is 2.20. The third-order valence-corrected chi connectivity index (χ3v) is 3.14. The van der Waals surface area contributed by atoms with Crippen LogP contribution in [0, 0.1) is 0 Å². The molecule has 0 atom stereocenters. The fourth-order valence-corrected chi connectivity index (χ4v) is 2.15.